The van der Waals surface area contributed by atoms with Crippen molar-refractivity contribution >= 4 is 6.03 Å². The van der Waals surface area contributed by atoms with Gasteiger partial charge in [0.15, 0.2) is 0 Å². The van der Waals surface area contributed by atoms with Gasteiger partial charge in [-0.15, -0.1) is 0 Å². The molecule has 27 heavy (non-hydrogen) atoms. The summed E-state index contributed by atoms with van der Waals surface area (Å²) < 4.78 is 13.5. The highest BCUT2D eigenvalue weighted by atomic mass is 19.1. The quantitative estimate of drug-likeness (QED) is 0.812. The van der Waals surface area contributed by atoms with Crippen molar-refractivity contribution in [3.8, 4) is 0 Å². The van der Waals surface area contributed by atoms with Gasteiger partial charge in [-0.25, -0.2) is 9.18 Å². The smallest absolute Gasteiger partial charge is 0.320 e. The van der Waals surface area contributed by atoms with Gasteiger partial charge in [0.05, 0.1) is 6.04 Å². The Kier molecular flexibility index (Phi) is 4.87. The summed E-state index contributed by atoms with van der Waals surface area (Å²) in [5.41, 5.74) is 3.37. The molecule has 0 aromatic heterocycles. The van der Waals surface area contributed by atoms with Gasteiger partial charge in [0.1, 0.15) is 5.82 Å². The monoisotopic (exact) mass is 367 g/mol. The number of nitrogens with zero attached hydrogens (tertiary/aromatic N) is 3. The number of urea groups is 1. The van der Waals surface area contributed by atoms with Crippen molar-refractivity contribution in [2.75, 3.05) is 33.7 Å². The number of likely N-dealkylation sites (N-methyl/N-ethyl adjacent to an activating group) is 1. The van der Waals surface area contributed by atoms with Crippen LogP contribution in [0.25, 0.3) is 0 Å². The topological polar surface area (TPSA) is 26.8 Å². The maximum Gasteiger partial charge on any atom is 0.320 e. The summed E-state index contributed by atoms with van der Waals surface area (Å²) in [4.78, 5) is 19.5. The van der Waals surface area contributed by atoms with Crippen LogP contribution in [0.3, 0.4) is 0 Å². The van der Waals surface area contributed by atoms with Crippen molar-refractivity contribution in [2.45, 2.75) is 24.9 Å². The van der Waals surface area contributed by atoms with Crippen LogP contribution in [0.4, 0.5) is 9.18 Å². The molecule has 2 heterocycles. The lowest BCUT2D eigenvalue weighted by atomic mass is 9.88. The first kappa shape index (κ1) is 18.0. The molecular formula is C22H26FN3O. The Balaban J connectivity index is 1.67. The first-order chi connectivity index (χ1) is 13.0. The molecule has 0 spiro atoms. The van der Waals surface area contributed by atoms with Crippen molar-refractivity contribution in [1.29, 1.82) is 0 Å². The number of rotatable bonds is 2. The highest BCUT2D eigenvalue weighted by Gasteiger charge is 2.37. The van der Waals surface area contributed by atoms with Crippen LogP contribution in [-0.4, -0.2) is 60.5 Å². The molecule has 1 saturated heterocycles. The summed E-state index contributed by atoms with van der Waals surface area (Å²) >= 11 is 0. The number of benzene rings is 2. The maximum absolute atomic E-state index is 13.5. The van der Waals surface area contributed by atoms with Gasteiger partial charge in [0.2, 0.25) is 0 Å². The largest absolute Gasteiger partial charge is 0.323 e. The Morgan fingerprint density at radius 2 is 1.81 bits per heavy atom. The third kappa shape index (κ3) is 3.44. The summed E-state index contributed by atoms with van der Waals surface area (Å²) in [5.74, 6) is -0.255. The number of amides is 2. The fourth-order valence-corrected chi connectivity index (χ4v) is 4.30. The molecule has 0 saturated carbocycles. The maximum atomic E-state index is 13.5. The van der Waals surface area contributed by atoms with Gasteiger partial charge < -0.3 is 14.7 Å². The number of likely N-dealkylation sites (tertiary alicyclic amines) is 1. The fourth-order valence-electron chi connectivity index (χ4n) is 4.30. The average molecular weight is 367 g/mol. The normalized spacial score (nSPS) is 22.2. The number of hydrogen-bond acceptors (Lipinski definition) is 2. The second kappa shape index (κ2) is 7.31. The molecule has 142 valence electrons. The molecule has 0 N–H and O–H groups in total. The number of carbonyl (C=O) groups excluding carboxylic acids is 1. The minimum absolute atomic E-state index is 0.0863. The summed E-state index contributed by atoms with van der Waals surface area (Å²) in [5, 5.41) is 0. The van der Waals surface area contributed by atoms with Crippen molar-refractivity contribution in [3.05, 3.63) is 71.0 Å². The summed E-state index contributed by atoms with van der Waals surface area (Å²) in [6.07, 6.45) is 1.86. The molecular weight excluding hydrogens is 341 g/mol. The Labute approximate surface area is 160 Å². The second-order valence-corrected chi connectivity index (χ2v) is 7.73. The first-order valence-electron chi connectivity index (χ1n) is 9.60. The third-order valence-corrected chi connectivity index (χ3v) is 5.88. The number of hydrogen-bond donors (Lipinski definition) is 0. The van der Waals surface area contributed by atoms with Crippen LogP contribution in [-0.2, 0) is 6.42 Å². The minimum Gasteiger partial charge on any atom is -0.323 e. The molecule has 0 bridgehead atoms. The summed E-state index contributed by atoms with van der Waals surface area (Å²) in [6, 6.07) is 15.2. The highest BCUT2D eigenvalue weighted by Crippen LogP contribution is 2.36. The zero-order valence-electron chi connectivity index (χ0n) is 15.9. The van der Waals surface area contributed by atoms with E-state index in [1.807, 2.05) is 21.9 Å². The SMILES string of the molecule is CN(C)[C@@H]1CCN(C(=O)N2CCc3ccccc3[C@@H]2c2ccc(F)cc2)C1. The Morgan fingerprint density at radius 3 is 2.52 bits per heavy atom. The lowest BCUT2D eigenvalue weighted by molar-refractivity contribution is 0.143. The molecule has 5 heteroatoms. The number of carbonyl (C=O) groups is 1. The van der Waals surface area contributed by atoms with Crippen LogP contribution in [0, 0.1) is 5.82 Å². The molecule has 2 aliphatic rings. The third-order valence-electron chi connectivity index (χ3n) is 5.88. The minimum atomic E-state index is -0.255. The summed E-state index contributed by atoms with van der Waals surface area (Å²) in [6.45, 7) is 2.23. The van der Waals surface area contributed by atoms with E-state index in [0.717, 1.165) is 37.1 Å². The molecule has 2 aromatic rings. The van der Waals surface area contributed by atoms with E-state index in [9.17, 15) is 9.18 Å². The van der Waals surface area contributed by atoms with E-state index in [4.69, 9.17) is 0 Å². The van der Waals surface area contributed by atoms with Gasteiger partial charge in [-0.2, -0.15) is 0 Å². The van der Waals surface area contributed by atoms with Gasteiger partial charge in [0.25, 0.3) is 0 Å². The van der Waals surface area contributed by atoms with E-state index >= 15 is 0 Å². The van der Waals surface area contributed by atoms with Gasteiger partial charge in [-0.05, 0) is 55.8 Å². The molecule has 4 rings (SSSR count). The van der Waals surface area contributed by atoms with Gasteiger partial charge in [-0.1, -0.05) is 36.4 Å². The van der Waals surface area contributed by atoms with Crippen LogP contribution in [0.2, 0.25) is 0 Å². The van der Waals surface area contributed by atoms with Gasteiger partial charge >= 0.3 is 6.03 Å². The standard InChI is InChI=1S/C22H26FN3O/c1-24(2)19-12-13-25(15-19)22(27)26-14-11-16-5-3-4-6-20(16)21(26)17-7-9-18(23)10-8-17/h3-10,19,21H,11-15H2,1-2H3/t19-,21+/m1/s1. The van der Waals surface area contributed by atoms with Gasteiger partial charge in [-0.3, -0.25) is 0 Å². The molecule has 0 unspecified atom stereocenters. The van der Waals surface area contributed by atoms with E-state index in [2.05, 4.69) is 31.1 Å². The van der Waals surface area contributed by atoms with Crippen molar-refractivity contribution in [3.63, 3.8) is 0 Å². The molecule has 0 radical (unpaired) electrons. The van der Waals surface area contributed by atoms with Crippen LogP contribution in [0.15, 0.2) is 48.5 Å². The Bertz CT molecular complexity index is 821. The van der Waals surface area contributed by atoms with Crippen molar-refractivity contribution in [1.82, 2.24) is 14.7 Å². The van der Waals surface area contributed by atoms with E-state index in [1.165, 1.54) is 17.7 Å². The van der Waals surface area contributed by atoms with E-state index < -0.39 is 0 Å². The van der Waals surface area contributed by atoms with E-state index in [0.29, 0.717) is 12.6 Å². The van der Waals surface area contributed by atoms with E-state index in [1.54, 1.807) is 12.1 Å². The molecule has 2 aromatic carbocycles. The zero-order valence-corrected chi connectivity index (χ0v) is 15.9. The van der Waals surface area contributed by atoms with Crippen molar-refractivity contribution in [2.24, 2.45) is 0 Å². The average Bonchev–Trinajstić information content (AvgIpc) is 3.18. The lowest BCUT2D eigenvalue weighted by Gasteiger charge is -2.39. The molecule has 2 amide bonds. The molecule has 0 aliphatic carbocycles. The zero-order chi connectivity index (χ0) is 19.0. The first-order valence-corrected chi connectivity index (χ1v) is 9.60. The summed E-state index contributed by atoms with van der Waals surface area (Å²) in [7, 11) is 4.13. The van der Waals surface area contributed by atoms with E-state index in [-0.39, 0.29) is 17.9 Å². The fraction of sp³-hybridized carbons (Fsp3) is 0.409. The van der Waals surface area contributed by atoms with Crippen LogP contribution in [0.5, 0.6) is 0 Å². The molecule has 2 aliphatic heterocycles. The highest BCUT2D eigenvalue weighted by molar-refractivity contribution is 5.76. The predicted molar refractivity (Wildman–Crippen MR) is 104 cm³/mol. The van der Waals surface area contributed by atoms with Crippen LogP contribution >= 0.6 is 0 Å². The second-order valence-electron chi connectivity index (χ2n) is 7.73. The van der Waals surface area contributed by atoms with Crippen molar-refractivity contribution < 1.29 is 9.18 Å². The predicted octanol–water partition coefficient (Wildman–Crippen LogP) is 3.53. The molecule has 2 atom stereocenters. The molecule has 4 nitrogen and oxygen atoms in total. The number of halogens is 1. The van der Waals surface area contributed by atoms with Crippen LogP contribution in [0.1, 0.15) is 29.2 Å². The van der Waals surface area contributed by atoms with Crippen LogP contribution < -0.4 is 0 Å². The Hall–Kier alpha value is -2.40. The molecule has 1 fully saturated rings. The lowest BCUT2D eigenvalue weighted by Crippen LogP contribution is -2.48. The van der Waals surface area contributed by atoms with Gasteiger partial charge in [0, 0.05) is 25.7 Å². The Morgan fingerprint density at radius 1 is 1.07 bits per heavy atom. The number of fused-ring (bicyclic) bond motifs is 1.